The zero-order valence-corrected chi connectivity index (χ0v) is 11.9. The second-order valence-corrected chi connectivity index (χ2v) is 5.39. The lowest BCUT2D eigenvalue weighted by Crippen LogP contribution is -2.43. The molecule has 0 atom stereocenters. The molecule has 4 heteroatoms. The number of piperidine rings is 1. The van der Waals surface area contributed by atoms with E-state index in [1.807, 2.05) is 0 Å². The number of nitrogen functional groups attached to an aromatic ring is 1. The van der Waals surface area contributed by atoms with E-state index in [0.717, 1.165) is 32.5 Å². The summed E-state index contributed by atoms with van der Waals surface area (Å²) >= 11 is 0. The maximum Gasteiger partial charge on any atom is 0.129 e. The second kappa shape index (κ2) is 6.35. The number of hydrogen-bond donors (Lipinski definition) is 1. The van der Waals surface area contributed by atoms with Crippen molar-refractivity contribution >= 4 is 5.69 Å². The van der Waals surface area contributed by atoms with Crippen LogP contribution in [0.25, 0.3) is 0 Å². The van der Waals surface area contributed by atoms with Gasteiger partial charge in [-0.15, -0.1) is 0 Å². The number of likely N-dealkylation sites (tertiary alicyclic amines) is 1. The first-order valence-electron chi connectivity index (χ1n) is 7.07. The standard InChI is InChI=1S/C15H24FN3/c1-3-19-9-7-12(8-10-19)18(2)11-13-14(16)5-4-6-15(13)17/h4-6,12H,3,7-11,17H2,1-2H3. The molecule has 0 unspecified atom stereocenters. The summed E-state index contributed by atoms with van der Waals surface area (Å²) in [5.41, 5.74) is 7.05. The van der Waals surface area contributed by atoms with Crippen LogP contribution in [0.2, 0.25) is 0 Å². The first kappa shape index (κ1) is 14.3. The van der Waals surface area contributed by atoms with Gasteiger partial charge < -0.3 is 10.6 Å². The molecule has 1 fully saturated rings. The lowest BCUT2D eigenvalue weighted by Gasteiger charge is -2.36. The Hall–Kier alpha value is -1.13. The Morgan fingerprint density at radius 3 is 2.63 bits per heavy atom. The largest absolute Gasteiger partial charge is 0.398 e. The normalized spacial score (nSPS) is 18.1. The average molecular weight is 265 g/mol. The van der Waals surface area contributed by atoms with Gasteiger partial charge in [0.15, 0.2) is 0 Å². The Balaban J connectivity index is 1.96. The molecule has 1 aromatic rings. The van der Waals surface area contributed by atoms with Gasteiger partial charge in [-0.05, 0) is 51.7 Å². The van der Waals surface area contributed by atoms with Crippen LogP contribution < -0.4 is 5.73 Å². The Kier molecular flexibility index (Phi) is 4.77. The summed E-state index contributed by atoms with van der Waals surface area (Å²) < 4.78 is 13.8. The fourth-order valence-corrected chi connectivity index (χ4v) is 2.80. The zero-order chi connectivity index (χ0) is 13.8. The van der Waals surface area contributed by atoms with E-state index in [9.17, 15) is 4.39 Å². The zero-order valence-electron chi connectivity index (χ0n) is 11.9. The van der Waals surface area contributed by atoms with Crippen LogP contribution >= 0.6 is 0 Å². The number of hydrogen-bond acceptors (Lipinski definition) is 3. The van der Waals surface area contributed by atoms with E-state index in [2.05, 4.69) is 23.8 Å². The number of halogens is 1. The highest BCUT2D eigenvalue weighted by Crippen LogP contribution is 2.21. The molecule has 106 valence electrons. The van der Waals surface area contributed by atoms with Crippen LogP contribution in [-0.2, 0) is 6.54 Å². The SMILES string of the molecule is CCN1CCC(N(C)Cc2c(N)cccc2F)CC1. The van der Waals surface area contributed by atoms with Gasteiger partial charge in [0.1, 0.15) is 5.82 Å². The molecular weight excluding hydrogens is 241 g/mol. The highest BCUT2D eigenvalue weighted by molar-refractivity contribution is 5.47. The van der Waals surface area contributed by atoms with Gasteiger partial charge in [0, 0.05) is 23.8 Å². The molecule has 2 N–H and O–H groups in total. The molecule has 0 saturated carbocycles. The molecule has 1 aromatic carbocycles. The molecule has 1 aliphatic rings. The van der Waals surface area contributed by atoms with Gasteiger partial charge in [0.2, 0.25) is 0 Å². The predicted octanol–water partition coefficient (Wildman–Crippen LogP) is 2.32. The van der Waals surface area contributed by atoms with E-state index in [1.165, 1.54) is 6.07 Å². The van der Waals surface area contributed by atoms with Gasteiger partial charge >= 0.3 is 0 Å². The predicted molar refractivity (Wildman–Crippen MR) is 77.4 cm³/mol. The van der Waals surface area contributed by atoms with E-state index in [-0.39, 0.29) is 5.82 Å². The van der Waals surface area contributed by atoms with E-state index >= 15 is 0 Å². The first-order valence-corrected chi connectivity index (χ1v) is 7.07. The van der Waals surface area contributed by atoms with Crippen molar-refractivity contribution in [2.75, 3.05) is 32.4 Å². The summed E-state index contributed by atoms with van der Waals surface area (Å²) in [6.07, 6.45) is 2.30. The van der Waals surface area contributed by atoms with Crippen LogP contribution in [0.5, 0.6) is 0 Å². The number of rotatable bonds is 4. The van der Waals surface area contributed by atoms with Crippen molar-refractivity contribution < 1.29 is 4.39 Å². The third-order valence-corrected chi connectivity index (χ3v) is 4.19. The lowest BCUT2D eigenvalue weighted by atomic mass is 10.0. The van der Waals surface area contributed by atoms with E-state index < -0.39 is 0 Å². The molecule has 19 heavy (non-hydrogen) atoms. The summed E-state index contributed by atoms with van der Waals surface area (Å²) in [6, 6.07) is 5.45. The molecule has 3 nitrogen and oxygen atoms in total. The van der Waals surface area contributed by atoms with Crippen LogP contribution in [-0.4, -0.2) is 42.5 Å². The van der Waals surface area contributed by atoms with Gasteiger partial charge in [-0.3, -0.25) is 4.90 Å². The highest BCUT2D eigenvalue weighted by Gasteiger charge is 2.22. The van der Waals surface area contributed by atoms with Crippen molar-refractivity contribution in [1.29, 1.82) is 0 Å². The summed E-state index contributed by atoms with van der Waals surface area (Å²) in [4.78, 5) is 4.70. The number of nitrogens with zero attached hydrogens (tertiary/aromatic N) is 2. The molecule has 0 aliphatic carbocycles. The third-order valence-electron chi connectivity index (χ3n) is 4.19. The lowest BCUT2D eigenvalue weighted by molar-refractivity contribution is 0.126. The maximum atomic E-state index is 13.8. The smallest absolute Gasteiger partial charge is 0.129 e. The molecule has 0 radical (unpaired) electrons. The molecule has 0 spiro atoms. The van der Waals surface area contributed by atoms with E-state index in [1.54, 1.807) is 12.1 Å². The Morgan fingerprint density at radius 1 is 1.37 bits per heavy atom. The molecule has 1 heterocycles. The minimum Gasteiger partial charge on any atom is -0.398 e. The van der Waals surface area contributed by atoms with Gasteiger partial charge in [-0.2, -0.15) is 0 Å². The molecular formula is C15H24FN3. The van der Waals surface area contributed by atoms with Crippen LogP contribution in [0.1, 0.15) is 25.3 Å². The topological polar surface area (TPSA) is 32.5 Å². The summed E-state index contributed by atoms with van der Waals surface area (Å²) in [5.74, 6) is -0.196. The van der Waals surface area contributed by atoms with Crippen molar-refractivity contribution in [3.8, 4) is 0 Å². The second-order valence-electron chi connectivity index (χ2n) is 5.39. The molecule has 1 aliphatic heterocycles. The van der Waals surface area contributed by atoms with Crippen molar-refractivity contribution in [3.05, 3.63) is 29.6 Å². The Labute approximate surface area is 115 Å². The molecule has 2 rings (SSSR count). The fourth-order valence-electron chi connectivity index (χ4n) is 2.80. The maximum absolute atomic E-state index is 13.8. The van der Waals surface area contributed by atoms with E-state index in [0.29, 0.717) is 23.8 Å². The van der Waals surface area contributed by atoms with Gasteiger partial charge in [0.05, 0.1) is 0 Å². The van der Waals surface area contributed by atoms with Crippen LogP contribution in [0.4, 0.5) is 10.1 Å². The van der Waals surface area contributed by atoms with Gasteiger partial charge in [-0.25, -0.2) is 4.39 Å². The number of nitrogens with two attached hydrogens (primary N) is 1. The summed E-state index contributed by atoms with van der Waals surface area (Å²) in [6.45, 7) is 6.19. The number of anilines is 1. The minimum atomic E-state index is -0.196. The first-order chi connectivity index (χ1) is 9.11. The molecule has 0 amide bonds. The van der Waals surface area contributed by atoms with Gasteiger partial charge in [0.25, 0.3) is 0 Å². The van der Waals surface area contributed by atoms with Crippen molar-refractivity contribution in [1.82, 2.24) is 9.80 Å². The Bertz CT molecular complexity index is 394. The van der Waals surface area contributed by atoms with Crippen LogP contribution in [0, 0.1) is 5.82 Å². The Morgan fingerprint density at radius 2 is 2.05 bits per heavy atom. The van der Waals surface area contributed by atoms with E-state index in [4.69, 9.17) is 5.73 Å². The summed E-state index contributed by atoms with van der Waals surface area (Å²) in [7, 11) is 2.07. The minimum absolute atomic E-state index is 0.196. The third kappa shape index (κ3) is 3.45. The molecule has 0 bridgehead atoms. The monoisotopic (exact) mass is 265 g/mol. The van der Waals surface area contributed by atoms with Crippen molar-refractivity contribution in [2.24, 2.45) is 0 Å². The quantitative estimate of drug-likeness (QED) is 0.848. The van der Waals surface area contributed by atoms with Gasteiger partial charge in [-0.1, -0.05) is 13.0 Å². The van der Waals surface area contributed by atoms with Crippen LogP contribution in [0.3, 0.4) is 0 Å². The fraction of sp³-hybridized carbons (Fsp3) is 0.600. The molecule has 0 aromatic heterocycles. The molecule has 1 saturated heterocycles. The van der Waals surface area contributed by atoms with Crippen molar-refractivity contribution in [2.45, 2.75) is 32.4 Å². The van der Waals surface area contributed by atoms with Crippen molar-refractivity contribution in [3.63, 3.8) is 0 Å². The van der Waals surface area contributed by atoms with Crippen LogP contribution in [0.15, 0.2) is 18.2 Å². The highest BCUT2D eigenvalue weighted by atomic mass is 19.1. The summed E-state index contributed by atoms with van der Waals surface area (Å²) in [5, 5.41) is 0. The average Bonchev–Trinajstić information content (AvgIpc) is 2.43. The number of benzene rings is 1.